The lowest BCUT2D eigenvalue weighted by molar-refractivity contribution is 0.635. The fourth-order valence-electron chi connectivity index (χ4n) is 2.38. The van der Waals surface area contributed by atoms with E-state index in [4.69, 9.17) is 17.2 Å². The highest BCUT2D eigenvalue weighted by Crippen LogP contribution is 2.35. The van der Waals surface area contributed by atoms with Gasteiger partial charge in [-0.3, -0.25) is 9.67 Å². The molecule has 0 fully saturated rings. The van der Waals surface area contributed by atoms with E-state index in [1.165, 1.54) is 9.88 Å². The van der Waals surface area contributed by atoms with Crippen LogP contribution in [0, 0.1) is 4.77 Å². The molecule has 6 heteroatoms. The van der Waals surface area contributed by atoms with Crippen molar-refractivity contribution >= 4 is 23.6 Å². The first-order valence-electron chi connectivity index (χ1n) is 7.31. The minimum absolute atomic E-state index is 0.552. The lowest BCUT2D eigenvalue weighted by Crippen LogP contribution is -1.98. The molecule has 0 aliphatic rings. The summed E-state index contributed by atoms with van der Waals surface area (Å²) in [6, 6.07) is 0. The molecule has 110 valence electrons. The van der Waals surface area contributed by atoms with Crippen LogP contribution >= 0.6 is 23.6 Å². The van der Waals surface area contributed by atoms with Crippen molar-refractivity contribution in [1.82, 2.24) is 19.7 Å². The topological polar surface area (TPSA) is 46.5 Å². The van der Waals surface area contributed by atoms with Crippen LogP contribution in [0.25, 0.3) is 10.7 Å². The summed E-state index contributed by atoms with van der Waals surface area (Å²) in [6.07, 6.45) is 3.19. The Bertz CT molecular complexity index is 619. The van der Waals surface area contributed by atoms with Crippen molar-refractivity contribution in [2.24, 2.45) is 0 Å². The molecule has 0 unspecified atom stereocenters. The standard InChI is InChI=1S/C14H22N4S2/c1-5-9(6-2)13-15-10(7-3)11(20-13)12-16-17-14(19)18(12)8-4/h9H,5-8H2,1-4H3,(H,17,19). The van der Waals surface area contributed by atoms with Gasteiger partial charge in [0.1, 0.15) is 0 Å². The third-order valence-corrected chi connectivity index (χ3v) is 5.23. The fraction of sp³-hybridized carbons (Fsp3) is 0.643. The monoisotopic (exact) mass is 310 g/mol. The highest BCUT2D eigenvalue weighted by molar-refractivity contribution is 7.71. The Balaban J connectivity index is 2.53. The van der Waals surface area contributed by atoms with Crippen molar-refractivity contribution in [1.29, 1.82) is 0 Å². The van der Waals surface area contributed by atoms with Crippen LogP contribution in [-0.4, -0.2) is 19.7 Å². The minimum Gasteiger partial charge on any atom is -0.300 e. The maximum atomic E-state index is 5.28. The van der Waals surface area contributed by atoms with E-state index in [1.807, 2.05) is 4.57 Å². The molecule has 0 atom stereocenters. The molecule has 0 aliphatic heterocycles. The molecule has 2 aromatic rings. The highest BCUT2D eigenvalue weighted by Gasteiger charge is 2.20. The second kappa shape index (κ2) is 6.63. The largest absolute Gasteiger partial charge is 0.300 e. The van der Waals surface area contributed by atoms with E-state index in [2.05, 4.69) is 37.9 Å². The van der Waals surface area contributed by atoms with Crippen LogP contribution in [0.5, 0.6) is 0 Å². The average Bonchev–Trinajstić information content (AvgIpc) is 3.03. The van der Waals surface area contributed by atoms with Gasteiger partial charge in [-0.1, -0.05) is 20.8 Å². The Kier molecular flexibility index (Phi) is 5.10. The molecular weight excluding hydrogens is 288 g/mol. The number of hydrogen-bond acceptors (Lipinski definition) is 4. The summed E-state index contributed by atoms with van der Waals surface area (Å²) in [5.41, 5.74) is 1.14. The number of nitrogens with one attached hydrogen (secondary N) is 1. The maximum absolute atomic E-state index is 5.28. The van der Waals surface area contributed by atoms with E-state index >= 15 is 0 Å². The molecule has 4 nitrogen and oxygen atoms in total. The Labute approximate surface area is 129 Å². The zero-order chi connectivity index (χ0) is 14.7. The van der Waals surface area contributed by atoms with Crippen molar-refractivity contribution in [3.05, 3.63) is 15.5 Å². The second-order valence-corrected chi connectivity index (χ2v) is 6.21. The Morgan fingerprint density at radius 1 is 1.25 bits per heavy atom. The fourth-order valence-corrected chi connectivity index (χ4v) is 4.06. The van der Waals surface area contributed by atoms with Gasteiger partial charge in [0.25, 0.3) is 0 Å². The predicted molar refractivity (Wildman–Crippen MR) is 86.9 cm³/mol. The normalized spacial score (nSPS) is 11.4. The quantitative estimate of drug-likeness (QED) is 0.796. The molecule has 0 bridgehead atoms. The van der Waals surface area contributed by atoms with E-state index in [1.54, 1.807) is 11.3 Å². The van der Waals surface area contributed by atoms with Gasteiger partial charge in [-0.2, -0.15) is 5.10 Å². The summed E-state index contributed by atoms with van der Waals surface area (Å²) >= 11 is 7.06. The van der Waals surface area contributed by atoms with Gasteiger partial charge in [-0.05, 0) is 38.4 Å². The highest BCUT2D eigenvalue weighted by atomic mass is 32.1. The van der Waals surface area contributed by atoms with Gasteiger partial charge in [-0.25, -0.2) is 4.98 Å². The van der Waals surface area contributed by atoms with E-state index in [-0.39, 0.29) is 0 Å². The molecular formula is C14H22N4S2. The first-order valence-corrected chi connectivity index (χ1v) is 8.53. The van der Waals surface area contributed by atoms with Crippen molar-refractivity contribution in [2.45, 2.75) is 59.4 Å². The predicted octanol–water partition coefficient (Wildman–Crippen LogP) is 4.55. The Morgan fingerprint density at radius 3 is 2.50 bits per heavy atom. The number of rotatable bonds is 6. The Morgan fingerprint density at radius 2 is 1.95 bits per heavy atom. The molecule has 20 heavy (non-hydrogen) atoms. The van der Waals surface area contributed by atoms with Crippen molar-refractivity contribution in [2.75, 3.05) is 0 Å². The zero-order valence-corrected chi connectivity index (χ0v) is 14.2. The molecule has 0 aromatic carbocycles. The second-order valence-electron chi connectivity index (χ2n) is 4.79. The van der Waals surface area contributed by atoms with E-state index in [9.17, 15) is 0 Å². The van der Waals surface area contributed by atoms with Gasteiger partial charge in [0.15, 0.2) is 10.6 Å². The SMILES string of the molecule is CCc1nc(C(CC)CC)sc1-c1n[nH]c(=S)n1CC. The maximum Gasteiger partial charge on any atom is 0.195 e. The van der Waals surface area contributed by atoms with Gasteiger partial charge in [0, 0.05) is 12.5 Å². The van der Waals surface area contributed by atoms with Crippen LogP contribution in [-0.2, 0) is 13.0 Å². The van der Waals surface area contributed by atoms with Crippen LogP contribution in [0.1, 0.15) is 57.2 Å². The van der Waals surface area contributed by atoms with Crippen LogP contribution in [0.2, 0.25) is 0 Å². The number of H-pyrrole nitrogens is 1. The first kappa shape index (κ1) is 15.4. The third-order valence-electron chi connectivity index (χ3n) is 3.66. The van der Waals surface area contributed by atoms with Crippen molar-refractivity contribution in [3.8, 4) is 10.7 Å². The summed E-state index contributed by atoms with van der Waals surface area (Å²) in [4.78, 5) is 6.02. The summed E-state index contributed by atoms with van der Waals surface area (Å²) in [5.74, 6) is 1.49. The number of aryl methyl sites for hydroxylation is 1. The molecule has 2 aromatic heterocycles. The molecule has 0 saturated carbocycles. The molecule has 0 saturated heterocycles. The molecule has 2 rings (SSSR count). The summed E-state index contributed by atoms with van der Waals surface area (Å²) in [5, 5.41) is 8.54. The van der Waals surface area contributed by atoms with Gasteiger partial charge in [0.2, 0.25) is 0 Å². The van der Waals surface area contributed by atoms with E-state index < -0.39 is 0 Å². The number of nitrogens with zero attached hydrogens (tertiary/aromatic N) is 3. The van der Waals surface area contributed by atoms with Gasteiger partial charge in [0.05, 0.1) is 15.6 Å². The number of hydrogen-bond donors (Lipinski definition) is 1. The molecule has 0 radical (unpaired) electrons. The molecule has 1 N–H and O–H groups in total. The minimum atomic E-state index is 0.552. The van der Waals surface area contributed by atoms with Crippen LogP contribution in [0.4, 0.5) is 0 Å². The Hall–Kier alpha value is -1.01. The lowest BCUT2D eigenvalue weighted by Gasteiger charge is -2.06. The van der Waals surface area contributed by atoms with Crippen LogP contribution < -0.4 is 0 Å². The smallest absolute Gasteiger partial charge is 0.195 e. The zero-order valence-electron chi connectivity index (χ0n) is 12.6. The van der Waals surface area contributed by atoms with Crippen LogP contribution in [0.15, 0.2) is 0 Å². The summed E-state index contributed by atoms with van der Waals surface area (Å²) in [7, 11) is 0. The number of aromatic nitrogens is 4. The first-order chi connectivity index (χ1) is 9.65. The lowest BCUT2D eigenvalue weighted by atomic mass is 10.1. The summed E-state index contributed by atoms with van der Waals surface area (Å²) < 4.78 is 2.72. The van der Waals surface area contributed by atoms with Crippen molar-refractivity contribution < 1.29 is 0 Å². The van der Waals surface area contributed by atoms with Crippen molar-refractivity contribution in [3.63, 3.8) is 0 Å². The van der Waals surface area contributed by atoms with Crippen LogP contribution in [0.3, 0.4) is 0 Å². The molecule has 0 spiro atoms. The van der Waals surface area contributed by atoms with E-state index in [0.29, 0.717) is 10.7 Å². The molecule has 0 aliphatic carbocycles. The number of aromatic amines is 1. The van der Waals surface area contributed by atoms with Gasteiger partial charge >= 0.3 is 0 Å². The number of thiazole rings is 1. The van der Waals surface area contributed by atoms with Gasteiger partial charge < -0.3 is 0 Å². The van der Waals surface area contributed by atoms with E-state index in [0.717, 1.165) is 37.3 Å². The molecule has 2 heterocycles. The van der Waals surface area contributed by atoms with Gasteiger partial charge in [-0.15, -0.1) is 11.3 Å². The average molecular weight is 310 g/mol. The molecule has 0 amide bonds. The summed E-state index contributed by atoms with van der Waals surface area (Å²) in [6.45, 7) is 9.51. The third kappa shape index (κ3) is 2.72.